The molecule has 2 aromatic rings. The molecule has 8 nitrogen and oxygen atoms in total. The number of hydrogen-bond acceptors (Lipinski definition) is 8. The minimum absolute atomic E-state index is 0.373. The van der Waals surface area contributed by atoms with Crippen LogP contribution in [0.4, 0.5) is 11.8 Å². The maximum atomic E-state index is 5.24. The van der Waals surface area contributed by atoms with E-state index in [0.29, 0.717) is 24.7 Å². The summed E-state index contributed by atoms with van der Waals surface area (Å²) < 4.78 is 4.64. The zero-order valence-electron chi connectivity index (χ0n) is 9.34. The Bertz CT molecular complexity index is 470. The van der Waals surface area contributed by atoms with Crippen LogP contribution in [0.3, 0.4) is 0 Å². The summed E-state index contributed by atoms with van der Waals surface area (Å²) in [5.74, 6) is 7.00. The van der Waals surface area contributed by atoms with Crippen molar-refractivity contribution < 1.29 is 4.52 Å². The SMILES string of the molecule is Cc1cnc(NN)nc1NCCc1ncon1. The largest absolute Gasteiger partial charge is 0.369 e. The quantitative estimate of drug-likeness (QED) is 0.494. The Morgan fingerprint density at radius 2 is 2.29 bits per heavy atom. The minimum Gasteiger partial charge on any atom is -0.369 e. The van der Waals surface area contributed by atoms with E-state index in [4.69, 9.17) is 5.84 Å². The zero-order chi connectivity index (χ0) is 12.1. The maximum absolute atomic E-state index is 5.24. The number of aryl methyl sites for hydroxylation is 1. The standard InChI is InChI=1S/C9H13N7O/c1-6-4-12-9(15-10)14-8(6)11-3-2-7-13-5-17-16-7/h4-5H,2-3,10H2,1H3,(H2,11,12,14,15). The number of nitrogens with zero attached hydrogens (tertiary/aromatic N) is 4. The van der Waals surface area contributed by atoms with Crippen LogP contribution < -0.4 is 16.6 Å². The molecule has 0 aliphatic carbocycles. The van der Waals surface area contributed by atoms with Gasteiger partial charge >= 0.3 is 0 Å². The zero-order valence-corrected chi connectivity index (χ0v) is 9.34. The summed E-state index contributed by atoms with van der Waals surface area (Å²) >= 11 is 0. The Labute approximate surface area is 97.6 Å². The molecule has 2 rings (SSSR count). The van der Waals surface area contributed by atoms with E-state index in [1.807, 2.05) is 6.92 Å². The topological polar surface area (TPSA) is 115 Å². The first kappa shape index (κ1) is 11.3. The molecule has 0 radical (unpaired) electrons. The van der Waals surface area contributed by atoms with E-state index in [9.17, 15) is 0 Å². The highest BCUT2D eigenvalue weighted by molar-refractivity contribution is 5.45. The van der Waals surface area contributed by atoms with E-state index < -0.39 is 0 Å². The third kappa shape index (κ3) is 2.88. The van der Waals surface area contributed by atoms with Gasteiger partial charge in [0.15, 0.2) is 5.82 Å². The van der Waals surface area contributed by atoms with Crippen molar-refractivity contribution in [2.45, 2.75) is 13.3 Å². The van der Waals surface area contributed by atoms with Gasteiger partial charge < -0.3 is 9.84 Å². The van der Waals surface area contributed by atoms with E-state index >= 15 is 0 Å². The summed E-state index contributed by atoms with van der Waals surface area (Å²) in [6, 6.07) is 0. The fourth-order valence-corrected chi connectivity index (χ4v) is 1.29. The molecule has 0 amide bonds. The van der Waals surface area contributed by atoms with E-state index in [2.05, 4.69) is 35.4 Å². The number of anilines is 2. The molecule has 0 aromatic carbocycles. The average Bonchev–Trinajstić information content (AvgIpc) is 2.84. The predicted octanol–water partition coefficient (Wildman–Crippen LogP) is 0.108. The van der Waals surface area contributed by atoms with Crippen molar-refractivity contribution in [3.63, 3.8) is 0 Å². The normalized spacial score (nSPS) is 10.2. The first-order valence-corrected chi connectivity index (χ1v) is 5.09. The molecular formula is C9H13N7O. The molecule has 90 valence electrons. The highest BCUT2D eigenvalue weighted by Crippen LogP contribution is 2.11. The van der Waals surface area contributed by atoms with Crippen molar-refractivity contribution in [1.82, 2.24) is 20.1 Å². The van der Waals surface area contributed by atoms with Gasteiger partial charge in [-0.2, -0.15) is 9.97 Å². The predicted molar refractivity (Wildman–Crippen MR) is 61.1 cm³/mol. The lowest BCUT2D eigenvalue weighted by Crippen LogP contribution is -2.14. The van der Waals surface area contributed by atoms with Gasteiger partial charge in [-0.05, 0) is 6.92 Å². The van der Waals surface area contributed by atoms with Crippen LogP contribution in [0.15, 0.2) is 17.1 Å². The number of nitrogen functional groups attached to an aromatic ring is 1. The van der Waals surface area contributed by atoms with Crippen molar-refractivity contribution in [2.24, 2.45) is 5.84 Å². The molecule has 0 aliphatic rings. The second-order valence-corrected chi connectivity index (χ2v) is 3.39. The van der Waals surface area contributed by atoms with Gasteiger partial charge in [-0.15, -0.1) is 0 Å². The van der Waals surface area contributed by atoms with Crippen LogP contribution in [0, 0.1) is 6.92 Å². The van der Waals surface area contributed by atoms with Gasteiger partial charge in [-0.1, -0.05) is 5.16 Å². The summed E-state index contributed by atoms with van der Waals surface area (Å²) in [6.45, 7) is 2.57. The fraction of sp³-hybridized carbons (Fsp3) is 0.333. The van der Waals surface area contributed by atoms with Crippen LogP contribution in [-0.2, 0) is 6.42 Å². The molecular weight excluding hydrogens is 222 g/mol. The molecule has 2 heterocycles. The molecule has 8 heteroatoms. The van der Waals surface area contributed by atoms with Gasteiger partial charge in [0, 0.05) is 24.7 Å². The molecule has 0 saturated heterocycles. The maximum Gasteiger partial charge on any atom is 0.239 e. The molecule has 17 heavy (non-hydrogen) atoms. The average molecular weight is 235 g/mol. The Balaban J connectivity index is 1.94. The Morgan fingerprint density at radius 1 is 1.41 bits per heavy atom. The van der Waals surface area contributed by atoms with E-state index in [1.54, 1.807) is 6.20 Å². The van der Waals surface area contributed by atoms with Crippen LogP contribution in [0.25, 0.3) is 0 Å². The van der Waals surface area contributed by atoms with Crippen LogP contribution in [0.5, 0.6) is 0 Å². The number of hydrogen-bond donors (Lipinski definition) is 3. The molecule has 0 unspecified atom stereocenters. The van der Waals surface area contributed by atoms with E-state index in [-0.39, 0.29) is 0 Å². The fourth-order valence-electron chi connectivity index (χ4n) is 1.29. The number of nitrogens with two attached hydrogens (primary N) is 1. The minimum atomic E-state index is 0.373. The molecule has 0 aliphatic heterocycles. The molecule has 0 bridgehead atoms. The number of nitrogens with one attached hydrogen (secondary N) is 2. The van der Waals surface area contributed by atoms with Gasteiger partial charge in [-0.3, -0.25) is 5.43 Å². The molecule has 0 fully saturated rings. The van der Waals surface area contributed by atoms with Crippen LogP contribution in [-0.4, -0.2) is 26.7 Å². The number of hydrazine groups is 1. The van der Waals surface area contributed by atoms with Crippen molar-refractivity contribution in [3.8, 4) is 0 Å². The lowest BCUT2D eigenvalue weighted by Gasteiger charge is -2.08. The molecule has 0 spiro atoms. The first-order chi connectivity index (χ1) is 8.29. The van der Waals surface area contributed by atoms with Gasteiger partial charge in [-0.25, -0.2) is 10.8 Å². The third-order valence-electron chi connectivity index (χ3n) is 2.15. The third-order valence-corrected chi connectivity index (χ3v) is 2.15. The molecule has 4 N–H and O–H groups in total. The summed E-state index contributed by atoms with van der Waals surface area (Å²) in [5, 5.41) is 6.87. The van der Waals surface area contributed by atoms with Crippen LogP contribution in [0.2, 0.25) is 0 Å². The highest BCUT2D eigenvalue weighted by atomic mass is 16.5. The number of aromatic nitrogens is 4. The Kier molecular flexibility index (Phi) is 3.46. The Hall–Kier alpha value is -2.22. The monoisotopic (exact) mass is 235 g/mol. The van der Waals surface area contributed by atoms with E-state index in [1.165, 1.54) is 6.39 Å². The second kappa shape index (κ2) is 5.21. The summed E-state index contributed by atoms with van der Waals surface area (Å²) in [7, 11) is 0. The molecule has 0 saturated carbocycles. The van der Waals surface area contributed by atoms with Crippen molar-refractivity contribution >= 4 is 11.8 Å². The molecule has 2 aromatic heterocycles. The van der Waals surface area contributed by atoms with Crippen molar-refractivity contribution in [2.75, 3.05) is 17.3 Å². The first-order valence-electron chi connectivity index (χ1n) is 5.09. The highest BCUT2D eigenvalue weighted by Gasteiger charge is 2.03. The second-order valence-electron chi connectivity index (χ2n) is 3.39. The summed E-state index contributed by atoms with van der Waals surface area (Å²) in [6.07, 6.45) is 3.66. The van der Waals surface area contributed by atoms with Gasteiger partial charge in [0.25, 0.3) is 0 Å². The lowest BCUT2D eigenvalue weighted by atomic mass is 10.3. The van der Waals surface area contributed by atoms with Gasteiger partial charge in [0.05, 0.1) is 0 Å². The van der Waals surface area contributed by atoms with Gasteiger partial charge in [0.2, 0.25) is 12.3 Å². The lowest BCUT2D eigenvalue weighted by molar-refractivity contribution is 0.410. The van der Waals surface area contributed by atoms with Crippen molar-refractivity contribution in [1.29, 1.82) is 0 Å². The van der Waals surface area contributed by atoms with Crippen LogP contribution in [0.1, 0.15) is 11.4 Å². The summed E-state index contributed by atoms with van der Waals surface area (Å²) in [4.78, 5) is 12.1. The van der Waals surface area contributed by atoms with Gasteiger partial charge in [0.1, 0.15) is 5.82 Å². The Morgan fingerprint density at radius 3 is 3.00 bits per heavy atom. The van der Waals surface area contributed by atoms with E-state index in [0.717, 1.165) is 11.4 Å². The smallest absolute Gasteiger partial charge is 0.239 e. The van der Waals surface area contributed by atoms with Crippen LogP contribution >= 0.6 is 0 Å². The summed E-state index contributed by atoms with van der Waals surface area (Å²) in [5.41, 5.74) is 3.34. The molecule has 0 atom stereocenters. The number of rotatable bonds is 5. The van der Waals surface area contributed by atoms with Crippen molar-refractivity contribution in [3.05, 3.63) is 24.0 Å².